The standard InChI is InChI=1S/C15H17FN2O/c1-10-14(15(19)18-7-3-2-4-8-18)12-6-5-11(16)9-13(12)17-10/h5-6,9,17H,2-4,7-8H2,1H3. The Morgan fingerprint density at radius 3 is 2.74 bits per heavy atom. The minimum atomic E-state index is -0.286. The maximum absolute atomic E-state index is 13.2. The number of nitrogens with one attached hydrogen (secondary N) is 1. The van der Waals surface area contributed by atoms with Crippen LogP contribution >= 0.6 is 0 Å². The fraction of sp³-hybridized carbons (Fsp3) is 0.400. The predicted octanol–water partition coefficient (Wildman–Crippen LogP) is 3.24. The third kappa shape index (κ3) is 2.11. The first kappa shape index (κ1) is 12.2. The SMILES string of the molecule is Cc1[nH]c2cc(F)ccc2c1C(=O)N1CCCCC1. The molecule has 1 fully saturated rings. The molecule has 1 aliphatic rings. The van der Waals surface area contributed by atoms with E-state index in [1.54, 1.807) is 6.07 Å². The number of fused-ring (bicyclic) bond motifs is 1. The van der Waals surface area contributed by atoms with Crippen molar-refractivity contribution in [2.24, 2.45) is 0 Å². The average molecular weight is 260 g/mol. The number of piperidine rings is 1. The van der Waals surface area contributed by atoms with E-state index in [9.17, 15) is 9.18 Å². The number of hydrogen-bond donors (Lipinski definition) is 1. The van der Waals surface area contributed by atoms with Crippen molar-refractivity contribution in [3.8, 4) is 0 Å². The van der Waals surface area contributed by atoms with Crippen LogP contribution in [0.3, 0.4) is 0 Å². The third-order valence-corrected chi connectivity index (χ3v) is 3.81. The number of amides is 1. The van der Waals surface area contributed by atoms with Gasteiger partial charge < -0.3 is 9.88 Å². The van der Waals surface area contributed by atoms with E-state index in [0.29, 0.717) is 11.1 Å². The second kappa shape index (κ2) is 4.68. The summed E-state index contributed by atoms with van der Waals surface area (Å²) in [6.45, 7) is 3.52. The highest BCUT2D eigenvalue weighted by molar-refractivity contribution is 6.08. The van der Waals surface area contributed by atoms with Gasteiger partial charge in [-0.25, -0.2) is 4.39 Å². The Morgan fingerprint density at radius 2 is 2.00 bits per heavy atom. The zero-order valence-electron chi connectivity index (χ0n) is 11.0. The lowest BCUT2D eigenvalue weighted by Gasteiger charge is -2.26. The van der Waals surface area contributed by atoms with Crippen LogP contribution in [0, 0.1) is 12.7 Å². The molecule has 0 saturated carbocycles. The maximum atomic E-state index is 13.2. The molecule has 4 heteroatoms. The van der Waals surface area contributed by atoms with E-state index in [-0.39, 0.29) is 11.7 Å². The number of rotatable bonds is 1. The summed E-state index contributed by atoms with van der Waals surface area (Å²) in [7, 11) is 0. The second-order valence-corrected chi connectivity index (χ2v) is 5.17. The van der Waals surface area contributed by atoms with Crippen molar-refractivity contribution in [1.29, 1.82) is 0 Å². The molecule has 0 atom stereocenters. The Balaban J connectivity index is 2.03. The number of likely N-dealkylation sites (tertiary alicyclic amines) is 1. The molecule has 0 aliphatic carbocycles. The number of carbonyl (C=O) groups is 1. The van der Waals surface area contributed by atoms with Gasteiger partial charge in [0.25, 0.3) is 5.91 Å². The molecule has 0 radical (unpaired) electrons. The van der Waals surface area contributed by atoms with Gasteiger partial charge in [-0.2, -0.15) is 0 Å². The zero-order valence-corrected chi connectivity index (χ0v) is 11.0. The number of halogens is 1. The molecule has 1 amide bonds. The molecule has 3 nitrogen and oxygen atoms in total. The molecular formula is C15H17FN2O. The van der Waals surface area contributed by atoms with Crippen molar-refractivity contribution >= 4 is 16.8 Å². The van der Waals surface area contributed by atoms with E-state index in [4.69, 9.17) is 0 Å². The molecule has 1 N–H and O–H groups in total. The Hall–Kier alpha value is -1.84. The highest BCUT2D eigenvalue weighted by Gasteiger charge is 2.23. The smallest absolute Gasteiger partial charge is 0.256 e. The van der Waals surface area contributed by atoms with E-state index in [1.807, 2.05) is 11.8 Å². The summed E-state index contributed by atoms with van der Waals surface area (Å²) in [4.78, 5) is 17.6. The summed E-state index contributed by atoms with van der Waals surface area (Å²) in [6, 6.07) is 4.53. The van der Waals surface area contributed by atoms with E-state index in [1.165, 1.54) is 18.6 Å². The van der Waals surface area contributed by atoms with Gasteiger partial charge in [0.15, 0.2) is 0 Å². The van der Waals surface area contributed by atoms with Crippen molar-refractivity contribution in [1.82, 2.24) is 9.88 Å². The molecule has 0 bridgehead atoms. The van der Waals surface area contributed by atoms with Crippen LogP contribution in [0.25, 0.3) is 10.9 Å². The van der Waals surface area contributed by atoms with Gasteiger partial charge in [-0.3, -0.25) is 4.79 Å². The Kier molecular flexibility index (Phi) is 3.01. The van der Waals surface area contributed by atoms with Crippen molar-refractivity contribution in [2.75, 3.05) is 13.1 Å². The number of aromatic nitrogens is 1. The quantitative estimate of drug-likeness (QED) is 0.839. The fourth-order valence-corrected chi connectivity index (χ4v) is 2.84. The summed E-state index contributed by atoms with van der Waals surface area (Å²) in [5, 5.41) is 0.814. The van der Waals surface area contributed by atoms with E-state index in [2.05, 4.69) is 4.98 Å². The van der Waals surface area contributed by atoms with E-state index < -0.39 is 0 Å². The highest BCUT2D eigenvalue weighted by Crippen LogP contribution is 2.25. The topological polar surface area (TPSA) is 36.1 Å². The number of H-pyrrole nitrogens is 1. The van der Waals surface area contributed by atoms with Gasteiger partial charge in [-0.1, -0.05) is 0 Å². The summed E-state index contributed by atoms with van der Waals surface area (Å²) in [6.07, 6.45) is 3.34. The Bertz CT molecular complexity index is 626. The van der Waals surface area contributed by atoms with Gasteiger partial charge in [0.2, 0.25) is 0 Å². The first-order chi connectivity index (χ1) is 9.16. The lowest BCUT2D eigenvalue weighted by Crippen LogP contribution is -2.35. The number of aromatic amines is 1. The Labute approximate surface area is 111 Å². The normalized spacial score (nSPS) is 16.0. The van der Waals surface area contributed by atoms with Gasteiger partial charge >= 0.3 is 0 Å². The van der Waals surface area contributed by atoms with E-state index >= 15 is 0 Å². The van der Waals surface area contributed by atoms with Crippen molar-refractivity contribution in [2.45, 2.75) is 26.2 Å². The number of carbonyl (C=O) groups excluding carboxylic acids is 1. The monoisotopic (exact) mass is 260 g/mol. The number of aryl methyl sites for hydroxylation is 1. The van der Waals surface area contributed by atoms with Crippen LogP contribution in [-0.2, 0) is 0 Å². The molecule has 2 aromatic rings. The predicted molar refractivity (Wildman–Crippen MR) is 72.7 cm³/mol. The molecular weight excluding hydrogens is 243 g/mol. The lowest BCUT2D eigenvalue weighted by atomic mass is 10.1. The number of nitrogens with zero attached hydrogens (tertiary/aromatic N) is 1. The van der Waals surface area contributed by atoms with Gasteiger partial charge in [-0.05, 0) is 44.4 Å². The summed E-state index contributed by atoms with van der Waals surface area (Å²) in [5.41, 5.74) is 2.20. The summed E-state index contributed by atoms with van der Waals surface area (Å²) >= 11 is 0. The maximum Gasteiger partial charge on any atom is 0.256 e. The first-order valence-electron chi connectivity index (χ1n) is 6.74. The second-order valence-electron chi connectivity index (χ2n) is 5.17. The molecule has 0 unspecified atom stereocenters. The lowest BCUT2D eigenvalue weighted by molar-refractivity contribution is 0.0725. The molecule has 1 saturated heterocycles. The van der Waals surface area contributed by atoms with Crippen LogP contribution in [0.1, 0.15) is 35.3 Å². The Morgan fingerprint density at radius 1 is 1.26 bits per heavy atom. The van der Waals surface area contributed by atoms with Crippen LogP contribution in [-0.4, -0.2) is 28.9 Å². The van der Waals surface area contributed by atoms with Crippen molar-refractivity contribution < 1.29 is 9.18 Å². The van der Waals surface area contributed by atoms with Crippen LogP contribution < -0.4 is 0 Å². The molecule has 2 heterocycles. The van der Waals surface area contributed by atoms with Crippen LogP contribution in [0.4, 0.5) is 4.39 Å². The van der Waals surface area contributed by atoms with E-state index in [0.717, 1.165) is 37.0 Å². The van der Waals surface area contributed by atoms with Gasteiger partial charge in [-0.15, -0.1) is 0 Å². The number of hydrogen-bond acceptors (Lipinski definition) is 1. The van der Waals surface area contributed by atoms with Crippen molar-refractivity contribution in [3.05, 3.63) is 35.3 Å². The minimum Gasteiger partial charge on any atom is -0.358 e. The van der Waals surface area contributed by atoms with Gasteiger partial charge in [0.05, 0.1) is 5.56 Å². The average Bonchev–Trinajstić information content (AvgIpc) is 2.74. The molecule has 3 rings (SSSR count). The van der Waals surface area contributed by atoms with Crippen LogP contribution in [0.15, 0.2) is 18.2 Å². The largest absolute Gasteiger partial charge is 0.358 e. The molecule has 1 aliphatic heterocycles. The van der Waals surface area contributed by atoms with Crippen molar-refractivity contribution in [3.63, 3.8) is 0 Å². The molecule has 100 valence electrons. The van der Waals surface area contributed by atoms with Crippen LogP contribution in [0.5, 0.6) is 0 Å². The number of benzene rings is 1. The van der Waals surface area contributed by atoms with Gasteiger partial charge in [0, 0.05) is 29.7 Å². The summed E-state index contributed by atoms with van der Waals surface area (Å²) in [5.74, 6) is -0.222. The highest BCUT2D eigenvalue weighted by atomic mass is 19.1. The summed E-state index contributed by atoms with van der Waals surface area (Å²) < 4.78 is 13.2. The first-order valence-corrected chi connectivity index (χ1v) is 6.74. The molecule has 1 aromatic carbocycles. The fourth-order valence-electron chi connectivity index (χ4n) is 2.84. The third-order valence-electron chi connectivity index (χ3n) is 3.81. The van der Waals surface area contributed by atoms with Gasteiger partial charge in [0.1, 0.15) is 5.82 Å². The molecule has 19 heavy (non-hydrogen) atoms. The molecule has 0 spiro atoms. The minimum absolute atomic E-state index is 0.0649. The van der Waals surface area contributed by atoms with Crippen LogP contribution in [0.2, 0.25) is 0 Å². The zero-order chi connectivity index (χ0) is 13.4. The molecule has 1 aromatic heterocycles.